The minimum atomic E-state index is 0.384. The van der Waals surface area contributed by atoms with Crippen LogP contribution < -0.4 is 0 Å². The molecule has 0 amide bonds. The molecule has 0 aliphatic heterocycles. The minimum Gasteiger partial charge on any atom is -0.344 e. The third-order valence-electron chi connectivity index (χ3n) is 2.37. The molecule has 0 atom stereocenters. The van der Waals surface area contributed by atoms with Crippen molar-refractivity contribution in [3.05, 3.63) is 0 Å². The molecule has 0 spiro atoms. The average molecular weight is 127 g/mol. The third-order valence-corrected chi connectivity index (χ3v) is 2.37. The quantitative estimate of drug-likeness (QED) is 0.512. The van der Waals surface area contributed by atoms with Crippen molar-refractivity contribution in [2.24, 2.45) is 0 Å². The van der Waals surface area contributed by atoms with Crippen molar-refractivity contribution in [1.82, 2.24) is 4.81 Å². The lowest BCUT2D eigenvalue weighted by Crippen LogP contribution is -2.41. The monoisotopic (exact) mass is 127 g/mol. The molecule has 0 radical (unpaired) electrons. The number of nitrogens with zero attached hydrogens (tertiary/aromatic N) is 1. The van der Waals surface area contributed by atoms with Crippen LogP contribution in [-0.4, -0.2) is 24.9 Å². The molecule has 0 saturated heterocycles. The Morgan fingerprint density at radius 1 is 1.33 bits per heavy atom. The zero-order valence-corrected chi connectivity index (χ0v) is 7.36. The Bertz CT molecular complexity index is 81.0. The van der Waals surface area contributed by atoms with E-state index in [2.05, 4.69) is 40.5 Å². The summed E-state index contributed by atoms with van der Waals surface area (Å²) in [5.41, 5.74) is 0.384. The van der Waals surface area contributed by atoms with Gasteiger partial charge in [-0.3, -0.25) is 0 Å². The highest BCUT2D eigenvalue weighted by Crippen LogP contribution is 2.14. The highest BCUT2D eigenvalue weighted by Gasteiger charge is 2.17. The van der Waals surface area contributed by atoms with E-state index in [1.807, 2.05) is 0 Å². The topological polar surface area (TPSA) is 3.24 Å². The summed E-state index contributed by atoms with van der Waals surface area (Å²) in [5.74, 6) is 0. The fourth-order valence-corrected chi connectivity index (χ4v) is 0.698. The van der Waals surface area contributed by atoms with E-state index in [4.69, 9.17) is 0 Å². The summed E-state index contributed by atoms with van der Waals surface area (Å²) >= 11 is 0. The smallest absolute Gasteiger partial charge is 0.186 e. The van der Waals surface area contributed by atoms with E-state index in [9.17, 15) is 0 Å². The maximum Gasteiger partial charge on any atom is 0.186 e. The lowest BCUT2D eigenvalue weighted by molar-refractivity contribution is 0.238. The van der Waals surface area contributed by atoms with Crippen molar-refractivity contribution in [3.63, 3.8) is 0 Å². The molecule has 0 rings (SSSR count). The molecule has 9 heavy (non-hydrogen) atoms. The van der Waals surface area contributed by atoms with Crippen molar-refractivity contribution in [1.29, 1.82) is 0 Å². The minimum absolute atomic E-state index is 0.384. The number of hydrogen-bond acceptors (Lipinski definition) is 1. The van der Waals surface area contributed by atoms with Gasteiger partial charge in [-0.1, -0.05) is 13.8 Å². The van der Waals surface area contributed by atoms with Crippen molar-refractivity contribution < 1.29 is 0 Å². The molecule has 0 aromatic heterocycles. The summed E-state index contributed by atoms with van der Waals surface area (Å²) in [7, 11) is 2.17. The molecule has 0 heterocycles. The summed E-state index contributed by atoms with van der Waals surface area (Å²) in [5, 5.41) is 0. The van der Waals surface area contributed by atoms with E-state index in [1.54, 1.807) is 0 Å². The van der Waals surface area contributed by atoms with Crippen LogP contribution >= 0.6 is 0 Å². The van der Waals surface area contributed by atoms with E-state index in [1.165, 1.54) is 6.42 Å². The second kappa shape index (κ2) is 3.26. The predicted octanol–water partition coefficient (Wildman–Crippen LogP) is 1.04. The molecule has 0 aliphatic carbocycles. The van der Waals surface area contributed by atoms with Crippen LogP contribution in [0.1, 0.15) is 34.1 Å². The van der Waals surface area contributed by atoms with E-state index < -0.39 is 0 Å². The van der Waals surface area contributed by atoms with Gasteiger partial charge in [-0.05, 0) is 26.8 Å². The van der Waals surface area contributed by atoms with Crippen LogP contribution in [0.25, 0.3) is 0 Å². The highest BCUT2D eigenvalue weighted by atomic mass is 15.1. The van der Waals surface area contributed by atoms with Crippen molar-refractivity contribution in [2.45, 2.75) is 39.7 Å². The second-order valence-electron chi connectivity index (χ2n) is 3.18. The summed E-state index contributed by atoms with van der Waals surface area (Å²) in [4.78, 5) is 2.37. The van der Waals surface area contributed by atoms with Crippen LogP contribution in [0.4, 0.5) is 0 Å². The lowest BCUT2D eigenvalue weighted by Gasteiger charge is -2.34. The van der Waals surface area contributed by atoms with Crippen LogP contribution in [0.5, 0.6) is 0 Å². The van der Waals surface area contributed by atoms with Gasteiger partial charge in [0.2, 0.25) is 0 Å². The van der Waals surface area contributed by atoms with Crippen molar-refractivity contribution in [2.75, 3.05) is 6.54 Å². The van der Waals surface area contributed by atoms with Gasteiger partial charge in [-0.25, -0.2) is 0 Å². The number of hydrogen-bond donors (Lipinski definition) is 0. The molecule has 54 valence electrons. The third kappa shape index (κ3) is 2.40. The molecule has 0 aromatic rings. The largest absolute Gasteiger partial charge is 0.344 e. The highest BCUT2D eigenvalue weighted by molar-refractivity contribution is 6.04. The standard InChI is InChI=1S/C7H18BN/c1-5-7(3,4)9(8)6-2/h5-6,8H2,1-4H3. The van der Waals surface area contributed by atoms with Gasteiger partial charge in [0, 0.05) is 5.54 Å². The van der Waals surface area contributed by atoms with Gasteiger partial charge < -0.3 is 4.81 Å². The lowest BCUT2D eigenvalue weighted by atomic mass is 9.96. The Kier molecular flexibility index (Phi) is 3.27. The first kappa shape index (κ1) is 9.02. The fourth-order valence-electron chi connectivity index (χ4n) is 0.698. The maximum atomic E-state index is 2.37. The van der Waals surface area contributed by atoms with Gasteiger partial charge in [0.15, 0.2) is 7.98 Å². The van der Waals surface area contributed by atoms with Crippen LogP contribution in [0, 0.1) is 0 Å². The first-order valence-electron chi connectivity index (χ1n) is 3.75. The molecule has 0 N–H and O–H groups in total. The molecule has 0 aliphatic rings. The van der Waals surface area contributed by atoms with Crippen LogP contribution in [0.3, 0.4) is 0 Å². The van der Waals surface area contributed by atoms with Gasteiger partial charge in [0.1, 0.15) is 0 Å². The second-order valence-corrected chi connectivity index (χ2v) is 3.18. The normalized spacial score (nSPS) is 12.6. The fraction of sp³-hybridized carbons (Fsp3) is 1.00. The van der Waals surface area contributed by atoms with Gasteiger partial charge in [-0.15, -0.1) is 0 Å². The van der Waals surface area contributed by atoms with E-state index >= 15 is 0 Å². The number of rotatable bonds is 3. The van der Waals surface area contributed by atoms with E-state index in [-0.39, 0.29) is 0 Å². The molecule has 0 aromatic carbocycles. The summed E-state index contributed by atoms with van der Waals surface area (Å²) in [6, 6.07) is 0. The Balaban J connectivity index is 3.80. The van der Waals surface area contributed by atoms with Gasteiger partial charge in [-0.2, -0.15) is 0 Å². The zero-order valence-electron chi connectivity index (χ0n) is 7.36. The summed E-state index contributed by atoms with van der Waals surface area (Å²) < 4.78 is 0. The first-order chi connectivity index (χ1) is 4.04. The molecule has 0 bridgehead atoms. The predicted molar refractivity (Wildman–Crippen MR) is 45.3 cm³/mol. The molecule has 0 unspecified atom stereocenters. The van der Waals surface area contributed by atoms with E-state index in [0.717, 1.165) is 6.54 Å². The molecule has 2 heteroatoms. The van der Waals surface area contributed by atoms with Gasteiger partial charge in [0.25, 0.3) is 0 Å². The van der Waals surface area contributed by atoms with Gasteiger partial charge >= 0.3 is 0 Å². The van der Waals surface area contributed by atoms with Crippen molar-refractivity contribution >= 4 is 7.98 Å². The maximum absolute atomic E-state index is 2.37. The van der Waals surface area contributed by atoms with Gasteiger partial charge in [0.05, 0.1) is 0 Å². The molecule has 1 nitrogen and oxygen atoms in total. The molecule has 0 saturated carbocycles. The summed E-state index contributed by atoms with van der Waals surface area (Å²) in [6.07, 6.45) is 1.22. The van der Waals surface area contributed by atoms with Crippen molar-refractivity contribution in [3.8, 4) is 0 Å². The average Bonchev–Trinajstić information content (AvgIpc) is 1.86. The van der Waals surface area contributed by atoms with Crippen LogP contribution in [0.2, 0.25) is 0 Å². The molecule has 0 fully saturated rings. The Hall–Kier alpha value is 0.0249. The first-order valence-corrected chi connectivity index (χ1v) is 3.75. The van der Waals surface area contributed by atoms with Crippen LogP contribution in [0.15, 0.2) is 0 Å². The Labute approximate surface area is 59.9 Å². The zero-order chi connectivity index (χ0) is 7.49. The van der Waals surface area contributed by atoms with Crippen LogP contribution in [-0.2, 0) is 0 Å². The van der Waals surface area contributed by atoms with E-state index in [0.29, 0.717) is 5.54 Å². The SMILES string of the molecule is BN(CC)C(C)(C)CC. The molecular weight excluding hydrogens is 109 g/mol. The molecular formula is C7H18BN. The Morgan fingerprint density at radius 3 is 1.89 bits per heavy atom. The summed E-state index contributed by atoms with van der Waals surface area (Å²) in [6.45, 7) is 10.1. The Morgan fingerprint density at radius 2 is 1.78 bits per heavy atom.